The summed E-state index contributed by atoms with van der Waals surface area (Å²) in [6, 6.07) is 0.298. The lowest BCUT2D eigenvalue weighted by Crippen LogP contribution is -2.46. The van der Waals surface area contributed by atoms with Crippen molar-refractivity contribution in [2.45, 2.75) is 64.8 Å². The maximum atomic E-state index is 12.3. The summed E-state index contributed by atoms with van der Waals surface area (Å²) in [6.45, 7) is 5.35. The van der Waals surface area contributed by atoms with Gasteiger partial charge in [-0.2, -0.15) is 0 Å². The van der Waals surface area contributed by atoms with E-state index in [9.17, 15) is 14.4 Å². The third-order valence-electron chi connectivity index (χ3n) is 4.78. The van der Waals surface area contributed by atoms with E-state index >= 15 is 0 Å². The third kappa shape index (κ3) is 5.22. The summed E-state index contributed by atoms with van der Waals surface area (Å²) in [5, 5.41) is 5.83. The number of rotatable bonds is 7. The van der Waals surface area contributed by atoms with Gasteiger partial charge >= 0.3 is 0 Å². The van der Waals surface area contributed by atoms with E-state index in [0.29, 0.717) is 25.6 Å². The third-order valence-corrected chi connectivity index (χ3v) is 4.78. The second-order valence-electron chi connectivity index (χ2n) is 7.35. The summed E-state index contributed by atoms with van der Waals surface area (Å²) in [7, 11) is 0. The van der Waals surface area contributed by atoms with Gasteiger partial charge in [-0.3, -0.25) is 14.4 Å². The Labute approximate surface area is 138 Å². The van der Waals surface area contributed by atoms with Crippen LogP contribution in [0.4, 0.5) is 0 Å². The van der Waals surface area contributed by atoms with Crippen LogP contribution in [0.1, 0.15) is 58.8 Å². The lowest BCUT2D eigenvalue weighted by molar-refractivity contribution is -0.136. The highest BCUT2D eigenvalue weighted by Gasteiger charge is 2.31. The summed E-state index contributed by atoms with van der Waals surface area (Å²) in [5.41, 5.74) is -0.736. The van der Waals surface area contributed by atoms with Crippen molar-refractivity contribution in [2.75, 3.05) is 19.6 Å². The summed E-state index contributed by atoms with van der Waals surface area (Å²) in [4.78, 5) is 37.8. The lowest BCUT2D eigenvalue weighted by atomic mass is 9.86. The minimum Gasteiger partial charge on any atom is -0.354 e. The number of carbonyl (C=O) groups is 3. The molecule has 2 aliphatic rings. The molecule has 1 heterocycles. The second-order valence-corrected chi connectivity index (χ2v) is 7.35. The maximum Gasteiger partial charge on any atom is 0.226 e. The minimum atomic E-state index is -0.736. The van der Waals surface area contributed by atoms with Crippen LogP contribution in [0.5, 0.6) is 0 Å². The fraction of sp³-hybridized carbons (Fsp3) is 0.824. The Kier molecular flexibility index (Phi) is 6.02. The number of nitrogens with one attached hydrogen (secondary N) is 2. The smallest absolute Gasteiger partial charge is 0.226 e. The zero-order valence-corrected chi connectivity index (χ0v) is 14.3. The van der Waals surface area contributed by atoms with Crippen LogP contribution in [0.15, 0.2) is 0 Å². The van der Waals surface area contributed by atoms with Gasteiger partial charge in [0.15, 0.2) is 0 Å². The van der Waals surface area contributed by atoms with E-state index in [0.717, 1.165) is 32.2 Å². The van der Waals surface area contributed by atoms with Crippen molar-refractivity contribution in [3.63, 3.8) is 0 Å². The minimum absolute atomic E-state index is 0.0546. The van der Waals surface area contributed by atoms with Gasteiger partial charge in [-0.05, 0) is 32.1 Å². The molecule has 1 aliphatic heterocycles. The fourth-order valence-corrected chi connectivity index (χ4v) is 2.95. The molecular weight excluding hydrogens is 294 g/mol. The Hall–Kier alpha value is -1.59. The largest absolute Gasteiger partial charge is 0.354 e. The van der Waals surface area contributed by atoms with Crippen LogP contribution in [0.25, 0.3) is 0 Å². The molecule has 23 heavy (non-hydrogen) atoms. The van der Waals surface area contributed by atoms with Crippen LogP contribution in [-0.4, -0.2) is 48.3 Å². The van der Waals surface area contributed by atoms with Crippen LogP contribution in [0.3, 0.4) is 0 Å². The molecule has 0 aromatic carbocycles. The quantitative estimate of drug-likeness (QED) is 0.739. The number of hydrogen-bond donors (Lipinski definition) is 2. The van der Waals surface area contributed by atoms with Gasteiger partial charge in [0.1, 0.15) is 0 Å². The van der Waals surface area contributed by atoms with Gasteiger partial charge in [0.2, 0.25) is 17.7 Å². The van der Waals surface area contributed by atoms with E-state index in [1.807, 2.05) is 0 Å². The lowest BCUT2D eigenvalue weighted by Gasteiger charge is -2.30. The fourth-order valence-electron chi connectivity index (χ4n) is 2.95. The van der Waals surface area contributed by atoms with Crippen molar-refractivity contribution in [2.24, 2.45) is 5.41 Å². The highest BCUT2D eigenvalue weighted by molar-refractivity contribution is 5.88. The van der Waals surface area contributed by atoms with Gasteiger partial charge in [-0.15, -0.1) is 0 Å². The first-order valence-electron chi connectivity index (χ1n) is 8.74. The van der Waals surface area contributed by atoms with Crippen molar-refractivity contribution in [3.8, 4) is 0 Å². The van der Waals surface area contributed by atoms with Crippen LogP contribution in [-0.2, 0) is 14.4 Å². The van der Waals surface area contributed by atoms with E-state index in [2.05, 4.69) is 10.6 Å². The zero-order chi connectivity index (χ0) is 16.9. The van der Waals surface area contributed by atoms with Crippen molar-refractivity contribution < 1.29 is 14.4 Å². The molecule has 2 fully saturated rings. The molecule has 1 saturated carbocycles. The number of carbonyl (C=O) groups excluding carboxylic acids is 3. The first-order valence-corrected chi connectivity index (χ1v) is 8.74. The first-order chi connectivity index (χ1) is 10.9. The van der Waals surface area contributed by atoms with Gasteiger partial charge in [0.05, 0.1) is 5.41 Å². The molecule has 130 valence electrons. The SMILES string of the molecule is CC(C)(CC(=O)NC1CCC1)C(=O)NCCN1CCCCC1=O. The molecule has 0 bridgehead atoms. The summed E-state index contributed by atoms with van der Waals surface area (Å²) in [5.74, 6) is -0.0172. The second kappa shape index (κ2) is 7.79. The van der Waals surface area contributed by atoms with Crippen LogP contribution in [0.2, 0.25) is 0 Å². The molecule has 0 atom stereocenters. The van der Waals surface area contributed by atoms with Gasteiger partial charge in [-0.1, -0.05) is 13.8 Å². The number of nitrogens with zero attached hydrogens (tertiary/aromatic N) is 1. The predicted molar refractivity (Wildman–Crippen MR) is 87.6 cm³/mol. The zero-order valence-electron chi connectivity index (χ0n) is 14.3. The highest BCUT2D eigenvalue weighted by Crippen LogP contribution is 2.23. The Bertz CT molecular complexity index is 458. The van der Waals surface area contributed by atoms with Crippen molar-refractivity contribution in [1.29, 1.82) is 0 Å². The molecule has 2 rings (SSSR count). The van der Waals surface area contributed by atoms with Crippen molar-refractivity contribution in [1.82, 2.24) is 15.5 Å². The van der Waals surface area contributed by atoms with Gasteiger partial charge in [0, 0.05) is 38.5 Å². The molecule has 1 aliphatic carbocycles. The molecule has 0 spiro atoms. The molecule has 6 heteroatoms. The average molecular weight is 323 g/mol. The van der Waals surface area contributed by atoms with Gasteiger partial charge < -0.3 is 15.5 Å². The molecule has 2 N–H and O–H groups in total. The van der Waals surface area contributed by atoms with E-state index < -0.39 is 5.41 Å². The number of amides is 3. The maximum absolute atomic E-state index is 12.3. The molecule has 3 amide bonds. The van der Waals surface area contributed by atoms with Crippen molar-refractivity contribution >= 4 is 17.7 Å². The molecular formula is C17H29N3O3. The number of likely N-dealkylation sites (tertiary alicyclic amines) is 1. The first kappa shape index (κ1) is 17.8. The van der Waals surface area contributed by atoms with Crippen LogP contribution >= 0.6 is 0 Å². The molecule has 1 saturated heterocycles. The molecule has 0 unspecified atom stereocenters. The van der Waals surface area contributed by atoms with Gasteiger partial charge in [0.25, 0.3) is 0 Å². The summed E-state index contributed by atoms with van der Waals surface area (Å²) >= 11 is 0. The molecule has 0 aromatic heterocycles. The summed E-state index contributed by atoms with van der Waals surface area (Å²) < 4.78 is 0. The van der Waals surface area contributed by atoms with E-state index in [4.69, 9.17) is 0 Å². The molecule has 0 aromatic rings. The van der Waals surface area contributed by atoms with Crippen LogP contribution < -0.4 is 10.6 Å². The number of hydrogen-bond acceptors (Lipinski definition) is 3. The predicted octanol–water partition coefficient (Wildman–Crippen LogP) is 1.20. The molecule has 6 nitrogen and oxygen atoms in total. The Morgan fingerprint density at radius 3 is 2.57 bits per heavy atom. The van der Waals surface area contributed by atoms with Crippen molar-refractivity contribution in [3.05, 3.63) is 0 Å². The Balaban J connectivity index is 1.69. The molecule has 0 radical (unpaired) electrons. The normalized spacial score (nSPS) is 19.2. The Morgan fingerprint density at radius 1 is 1.22 bits per heavy atom. The van der Waals surface area contributed by atoms with E-state index in [1.165, 1.54) is 6.42 Å². The van der Waals surface area contributed by atoms with Gasteiger partial charge in [-0.25, -0.2) is 0 Å². The summed E-state index contributed by atoms with van der Waals surface area (Å²) in [6.07, 6.45) is 6.06. The number of piperidine rings is 1. The van der Waals surface area contributed by atoms with E-state index in [1.54, 1.807) is 18.7 Å². The van der Waals surface area contributed by atoms with Crippen LogP contribution in [0, 0.1) is 5.41 Å². The standard InChI is InChI=1S/C17H29N3O3/c1-17(2,12-14(21)19-13-6-5-7-13)16(23)18-9-11-20-10-4-3-8-15(20)22/h13H,3-12H2,1-2H3,(H,18,23)(H,19,21). The highest BCUT2D eigenvalue weighted by atomic mass is 16.2. The Morgan fingerprint density at radius 2 is 1.96 bits per heavy atom. The average Bonchev–Trinajstić information content (AvgIpc) is 2.44. The van der Waals surface area contributed by atoms with E-state index in [-0.39, 0.29) is 24.1 Å². The topological polar surface area (TPSA) is 78.5 Å². The monoisotopic (exact) mass is 323 g/mol.